The molecule has 0 saturated carbocycles. The van der Waals surface area contributed by atoms with Crippen LogP contribution < -0.4 is 5.56 Å². The fourth-order valence-electron chi connectivity index (χ4n) is 1.76. The zero-order valence-electron chi connectivity index (χ0n) is 11.5. The van der Waals surface area contributed by atoms with Crippen molar-refractivity contribution in [1.82, 2.24) is 14.7 Å². The highest BCUT2D eigenvalue weighted by Gasteiger charge is 2.15. The van der Waals surface area contributed by atoms with Crippen LogP contribution in [0.1, 0.15) is 37.7 Å². The van der Waals surface area contributed by atoms with Gasteiger partial charge >= 0.3 is 0 Å². The van der Waals surface area contributed by atoms with E-state index in [4.69, 9.17) is 0 Å². The molecule has 1 rings (SSSR count). The molecular formula is C13H21N3O2. The van der Waals surface area contributed by atoms with E-state index in [0.29, 0.717) is 24.7 Å². The highest BCUT2D eigenvalue weighted by atomic mass is 16.2. The quantitative estimate of drug-likeness (QED) is 0.794. The molecule has 5 heteroatoms. The molecule has 0 radical (unpaired) electrons. The van der Waals surface area contributed by atoms with Gasteiger partial charge in [0, 0.05) is 26.2 Å². The minimum atomic E-state index is -0.167. The summed E-state index contributed by atoms with van der Waals surface area (Å²) >= 11 is 0. The predicted octanol–water partition coefficient (Wildman–Crippen LogP) is 1.38. The van der Waals surface area contributed by atoms with Crippen LogP contribution in [0, 0.1) is 5.92 Å². The Morgan fingerprint density at radius 1 is 1.44 bits per heavy atom. The second-order valence-electron chi connectivity index (χ2n) is 4.86. The largest absolute Gasteiger partial charge is 0.340 e. The summed E-state index contributed by atoms with van der Waals surface area (Å²) in [7, 11) is 1.75. The van der Waals surface area contributed by atoms with Crippen LogP contribution in [0.2, 0.25) is 0 Å². The molecule has 1 heterocycles. The predicted molar refractivity (Wildman–Crippen MR) is 70.6 cm³/mol. The molecule has 100 valence electrons. The Bertz CT molecular complexity index is 466. The first-order chi connectivity index (χ1) is 8.45. The Labute approximate surface area is 107 Å². The second-order valence-corrected chi connectivity index (χ2v) is 4.86. The molecule has 5 nitrogen and oxygen atoms in total. The van der Waals surface area contributed by atoms with Crippen LogP contribution in [0.15, 0.2) is 16.9 Å². The smallest absolute Gasteiger partial charge is 0.274 e. The average molecular weight is 251 g/mol. The zero-order valence-corrected chi connectivity index (χ0v) is 11.5. The molecule has 0 fully saturated rings. The molecule has 0 unspecified atom stereocenters. The molecule has 0 aliphatic heterocycles. The molecule has 1 amide bonds. The van der Waals surface area contributed by atoms with Crippen LogP contribution in [-0.4, -0.2) is 34.2 Å². The van der Waals surface area contributed by atoms with Crippen LogP contribution in [0.25, 0.3) is 0 Å². The number of nitrogens with zero attached hydrogens (tertiary/aromatic N) is 3. The summed E-state index contributed by atoms with van der Waals surface area (Å²) in [5.74, 6) is 0.258. The number of hydrogen-bond donors (Lipinski definition) is 0. The molecule has 0 aromatic carbocycles. The molecule has 0 N–H and O–H groups in total. The van der Waals surface area contributed by atoms with E-state index in [0.717, 1.165) is 6.42 Å². The number of carbonyl (C=O) groups excluding carboxylic acids is 1. The van der Waals surface area contributed by atoms with Crippen LogP contribution in [-0.2, 0) is 6.54 Å². The SMILES string of the molecule is CCCn1nc(C(=O)N(C)CC(C)C)ccc1=O. The van der Waals surface area contributed by atoms with Crippen molar-refractivity contribution in [2.24, 2.45) is 5.92 Å². The molecule has 0 aliphatic carbocycles. The van der Waals surface area contributed by atoms with Crippen molar-refractivity contribution in [1.29, 1.82) is 0 Å². The molecule has 18 heavy (non-hydrogen) atoms. The maximum atomic E-state index is 12.1. The van der Waals surface area contributed by atoms with Crippen molar-refractivity contribution in [2.45, 2.75) is 33.7 Å². The van der Waals surface area contributed by atoms with E-state index in [2.05, 4.69) is 18.9 Å². The summed E-state index contributed by atoms with van der Waals surface area (Å²) in [6.45, 7) is 7.28. The van der Waals surface area contributed by atoms with Gasteiger partial charge in [-0.05, 0) is 18.4 Å². The van der Waals surface area contributed by atoms with Gasteiger partial charge in [0.15, 0.2) is 0 Å². The third-order valence-corrected chi connectivity index (χ3v) is 2.51. The summed E-state index contributed by atoms with van der Waals surface area (Å²) in [5, 5.41) is 4.10. The van der Waals surface area contributed by atoms with Crippen molar-refractivity contribution >= 4 is 5.91 Å². The first-order valence-electron chi connectivity index (χ1n) is 6.29. The topological polar surface area (TPSA) is 55.2 Å². The van der Waals surface area contributed by atoms with Gasteiger partial charge in [-0.1, -0.05) is 20.8 Å². The number of carbonyl (C=O) groups is 1. The molecule has 0 spiro atoms. The number of aryl methyl sites for hydroxylation is 1. The second kappa shape index (κ2) is 6.33. The summed E-state index contributed by atoms with van der Waals surface area (Å²) < 4.78 is 1.34. The van der Waals surface area contributed by atoms with Crippen molar-refractivity contribution < 1.29 is 4.79 Å². The lowest BCUT2D eigenvalue weighted by Gasteiger charge is -2.19. The fraction of sp³-hybridized carbons (Fsp3) is 0.615. The minimum absolute atomic E-state index is 0.145. The van der Waals surface area contributed by atoms with E-state index in [1.807, 2.05) is 6.92 Å². The molecule has 0 aliphatic rings. The van der Waals surface area contributed by atoms with Gasteiger partial charge in [0.25, 0.3) is 11.5 Å². The van der Waals surface area contributed by atoms with Crippen LogP contribution >= 0.6 is 0 Å². The number of hydrogen-bond acceptors (Lipinski definition) is 3. The highest BCUT2D eigenvalue weighted by molar-refractivity contribution is 5.91. The summed E-state index contributed by atoms with van der Waals surface area (Å²) in [6.07, 6.45) is 0.812. The maximum absolute atomic E-state index is 12.1. The molecule has 0 bridgehead atoms. The van der Waals surface area contributed by atoms with Crippen LogP contribution in [0.3, 0.4) is 0 Å². The van der Waals surface area contributed by atoms with Crippen LogP contribution in [0.5, 0.6) is 0 Å². The Kier molecular flexibility index (Phi) is 5.07. The summed E-state index contributed by atoms with van der Waals surface area (Å²) in [5.41, 5.74) is 0.158. The van der Waals surface area contributed by atoms with E-state index >= 15 is 0 Å². The molecule has 1 aromatic rings. The Hall–Kier alpha value is -1.65. The van der Waals surface area contributed by atoms with E-state index in [-0.39, 0.29) is 11.5 Å². The lowest BCUT2D eigenvalue weighted by molar-refractivity contribution is 0.0770. The van der Waals surface area contributed by atoms with E-state index < -0.39 is 0 Å². The lowest BCUT2D eigenvalue weighted by Crippen LogP contribution is -2.33. The van der Waals surface area contributed by atoms with Gasteiger partial charge in [0.05, 0.1) is 0 Å². The summed E-state index contributed by atoms with van der Waals surface area (Å²) in [4.78, 5) is 25.2. The minimum Gasteiger partial charge on any atom is -0.340 e. The first kappa shape index (κ1) is 14.4. The molecule has 0 atom stereocenters. The van der Waals surface area contributed by atoms with E-state index in [1.165, 1.54) is 16.8 Å². The van der Waals surface area contributed by atoms with E-state index in [1.54, 1.807) is 11.9 Å². The zero-order chi connectivity index (χ0) is 13.7. The first-order valence-corrected chi connectivity index (χ1v) is 6.29. The van der Waals surface area contributed by atoms with Crippen molar-refractivity contribution in [3.8, 4) is 0 Å². The number of amides is 1. The fourth-order valence-corrected chi connectivity index (χ4v) is 1.76. The van der Waals surface area contributed by atoms with Crippen molar-refractivity contribution in [3.63, 3.8) is 0 Å². The average Bonchev–Trinajstić information content (AvgIpc) is 2.30. The van der Waals surface area contributed by atoms with Gasteiger partial charge < -0.3 is 4.90 Å². The monoisotopic (exact) mass is 251 g/mol. The summed E-state index contributed by atoms with van der Waals surface area (Å²) in [6, 6.07) is 2.90. The van der Waals surface area contributed by atoms with Gasteiger partial charge in [0.2, 0.25) is 0 Å². The van der Waals surface area contributed by atoms with Gasteiger partial charge in [-0.25, -0.2) is 4.68 Å². The lowest BCUT2D eigenvalue weighted by atomic mass is 10.2. The van der Waals surface area contributed by atoms with Gasteiger partial charge in [-0.2, -0.15) is 5.10 Å². The Morgan fingerprint density at radius 3 is 2.67 bits per heavy atom. The molecule has 1 aromatic heterocycles. The highest BCUT2D eigenvalue weighted by Crippen LogP contribution is 2.02. The van der Waals surface area contributed by atoms with Crippen molar-refractivity contribution in [2.75, 3.05) is 13.6 Å². The number of aromatic nitrogens is 2. The maximum Gasteiger partial charge on any atom is 0.274 e. The third-order valence-electron chi connectivity index (χ3n) is 2.51. The van der Waals surface area contributed by atoms with Crippen molar-refractivity contribution in [3.05, 3.63) is 28.2 Å². The molecule has 0 saturated heterocycles. The van der Waals surface area contributed by atoms with E-state index in [9.17, 15) is 9.59 Å². The Balaban J connectivity index is 2.92. The molecular weight excluding hydrogens is 230 g/mol. The standard InChI is InChI=1S/C13H21N3O2/c1-5-8-16-12(17)7-6-11(14-16)13(18)15(4)9-10(2)3/h6-7,10H,5,8-9H2,1-4H3. The third kappa shape index (κ3) is 3.68. The van der Waals surface area contributed by atoms with Gasteiger partial charge in [-0.15, -0.1) is 0 Å². The number of rotatable bonds is 5. The Morgan fingerprint density at radius 2 is 2.11 bits per heavy atom. The van der Waals surface area contributed by atoms with Gasteiger partial charge in [-0.3, -0.25) is 9.59 Å². The van der Waals surface area contributed by atoms with Gasteiger partial charge in [0.1, 0.15) is 5.69 Å². The normalized spacial score (nSPS) is 10.7. The van der Waals surface area contributed by atoms with Crippen LogP contribution in [0.4, 0.5) is 0 Å².